The molecule has 5 nitrogen and oxygen atoms in total. The van der Waals surface area contributed by atoms with E-state index >= 15 is 0 Å². The van der Waals surface area contributed by atoms with Crippen LogP contribution in [0.15, 0.2) is 12.3 Å². The number of aromatic nitrogens is 1. The number of hydrazine groups is 1. The lowest BCUT2D eigenvalue weighted by Gasteiger charge is -2.38. The summed E-state index contributed by atoms with van der Waals surface area (Å²) < 4.78 is 5.67. The van der Waals surface area contributed by atoms with E-state index < -0.39 is 5.60 Å². The summed E-state index contributed by atoms with van der Waals surface area (Å²) in [7, 11) is 1.67. The fourth-order valence-electron chi connectivity index (χ4n) is 2.29. The number of anilines is 1. The summed E-state index contributed by atoms with van der Waals surface area (Å²) >= 11 is 5.97. The van der Waals surface area contributed by atoms with E-state index in [1.807, 2.05) is 13.8 Å². The summed E-state index contributed by atoms with van der Waals surface area (Å²) in [6.45, 7) is 4.09. The van der Waals surface area contributed by atoms with Crippen molar-refractivity contribution < 1.29 is 4.74 Å². The first-order chi connectivity index (χ1) is 8.54. The van der Waals surface area contributed by atoms with Crippen LogP contribution in [-0.2, 0) is 4.74 Å². The van der Waals surface area contributed by atoms with Crippen LogP contribution < -0.4 is 17.0 Å². The van der Waals surface area contributed by atoms with Crippen molar-refractivity contribution in [1.82, 2.24) is 10.4 Å². The third kappa shape index (κ3) is 2.75. The third-order valence-corrected chi connectivity index (χ3v) is 3.73. The quantitative estimate of drug-likeness (QED) is 0.545. The largest absolute Gasteiger partial charge is 0.383 e. The summed E-state index contributed by atoms with van der Waals surface area (Å²) in [6, 6.07) is 1.51. The Bertz CT molecular complexity index is 387. The molecule has 1 aromatic heterocycles. The summed E-state index contributed by atoms with van der Waals surface area (Å²) in [6.07, 6.45) is 3.10. The third-order valence-electron chi connectivity index (χ3n) is 3.52. The van der Waals surface area contributed by atoms with Gasteiger partial charge in [0.05, 0.1) is 16.7 Å². The van der Waals surface area contributed by atoms with Crippen molar-refractivity contribution in [2.75, 3.05) is 12.8 Å². The lowest BCUT2D eigenvalue weighted by atomic mass is 9.84. The SMILES string of the molecule is CCC(CC)(OC)C(NN)c1cc(Cl)cnc1N. The molecular formula is C12H21ClN4O. The average Bonchev–Trinajstić information content (AvgIpc) is 2.39. The van der Waals surface area contributed by atoms with Crippen LogP contribution in [0.1, 0.15) is 38.3 Å². The van der Waals surface area contributed by atoms with Gasteiger partial charge in [-0.3, -0.25) is 5.84 Å². The number of nitrogen functional groups attached to an aromatic ring is 1. The molecule has 1 aromatic rings. The number of hydrogen-bond acceptors (Lipinski definition) is 5. The molecule has 0 aliphatic carbocycles. The Morgan fingerprint density at radius 1 is 1.50 bits per heavy atom. The Morgan fingerprint density at radius 2 is 2.11 bits per heavy atom. The summed E-state index contributed by atoms with van der Waals surface area (Å²) in [5.41, 5.74) is 9.01. The Labute approximate surface area is 113 Å². The van der Waals surface area contributed by atoms with E-state index in [1.165, 1.54) is 6.20 Å². The number of pyridine rings is 1. The summed E-state index contributed by atoms with van der Waals surface area (Å²) in [5, 5.41) is 0.525. The van der Waals surface area contributed by atoms with Crippen molar-refractivity contribution in [3.05, 3.63) is 22.8 Å². The van der Waals surface area contributed by atoms with E-state index in [0.717, 1.165) is 18.4 Å². The number of nitrogens with one attached hydrogen (secondary N) is 1. The summed E-state index contributed by atoms with van der Waals surface area (Å²) in [4.78, 5) is 4.06. The highest BCUT2D eigenvalue weighted by atomic mass is 35.5. The number of ether oxygens (including phenoxy) is 1. The normalized spacial score (nSPS) is 13.6. The van der Waals surface area contributed by atoms with Gasteiger partial charge in [-0.25, -0.2) is 10.4 Å². The predicted molar refractivity (Wildman–Crippen MR) is 74.0 cm³/mol. The molecule has 5 N–H and O–H groups in total. The van der Waals surface area contributed by atoms with Gasteiger partial charge in [0, 0.05) is 18.9 Å². The number of methoxy groups -OCH3 is 1. The number of halogens is 1. The molecule has 0 saturated heterocycles. The first kappa shape index (κ1) is 15.2. The number of nitrogens with zero attached hydrogens (tertiary/aromatic N) is 1. The van der Waals surface area contributed by atoms with Crippen molar-refractivity contribution >= 4 is 17.4 Å². The van der Waals surface area contributed by atoms with E-state index in [2.05, 4.69) is 10.4 Å². The van der Waals surface area contributed by atoms with E-state index in [9.17, 15) is 0 Å². The number of rotatable bonds is 6. The topological polar surface area (TPSA) is 86.2 Å². The maximum absolute atomic E-state index is 5.97. The second-order valence-corrected chi connectivity index (χ2v) is 4.64. The van der Waals surface area contributed by atoms with Gasteiger partial charge in [-0.15, -0.1) is 0 Å². The molecule has 0 aromatic carbocycles. The van der Waals surface area contributed by atoms with Crippen LogP contribution in [0.4, 0.5) is 5.82 Å². The molecule has 0 bridgehead atoms. The molecule has 0 aliphatic heterocycles. The predicted octanol–water partition coefficient (Wildman–Crippen LogP) is 2.03. The lowest BCUT2D eigenvalue weighted by molar-refractivity contribution is -0.0485. The van der Waals surface area contributed by atoms with Crippen molar-refractivity contribution in [2.45, 2.75) is 38.3 Å². The highest BCUT2D eigenvalue weighted by molar-refractivity contribution is 6.30. The van der Waals surface area contributed by atoms with E-state index in [1.54, 1.807) is 13.2 Å². The highest BCUT2D eigenvalue weighted by Gasteiger charge is 2.37. The first-order valence-corrected chi connectivity index (χ1v) is 6.34. The van der Waals surface area contributed by atoms with E-state index in [4.69, 9.17) is 27.9 Å². The van der Waals surface area contributed by atoms with Crippen molar-refractivity contribution in [3.63, 3.8) is 0 Å². The van der Waals surface area contributed by atoms with Crippen molar-refractivity contribution in [2.24, 2.45) is 5.84 Å². The second-order valence-electron chi connectivity index (χ2n) is 4.20. The van der Waals surface area contributed by atoms with Crippen LogP contribution >= 0.6 is 11.6 Å². The molecule has 0 saturated carbocycles. The average molecular weight is 273 g/mol. The Balaban J connectivity index is 3.27. The zero-order chi connectivity index (χ0) is 13.8. The molecule has 18 heavy (non-hydrogen) atoms. The second kappa shape index (κ2) is 6.33. The fourth-order valence-corrected chi connectivity index (χ4v) is 2.45. The van der Waals surface area contributed by atoms with Crippen LogP contribution in [0.25, 0.3) is 0 Å². The standard InChI is InChI=1S/C12H21ClN4O/c1-4-12(5-2,18-3)10(17-15)9-6-8(13)7-16-11(9)14/h6-7,10,17H,4-5,15H2,1-3H3,(H2,14,16). The monoisotopic (exact) mass is 272 g/mol. The van der Waals surface area contributed by atoms with Crippen LogP contribution in [0, 0.1) is 0 Å². The maximum Gasteiger partial charge on any atom is 0.128 e. The zero-order valence-corrected chi connectivity index (χ0v) is 11.8. The molecule has 1 atom stereocenters. The molecular weight excluding hydrogens is 252 g/mol. The van der Waals surface area contributed by atoms with Crippen molar-refractivity contribution in [1.29, 1.82) is 0 Å². The molecule has 0 amide bonds. The fraction of sp³-hybridized carbons (Fsp3) is 0.583. The van der Waals surface area contributed by atoms with Crippen LogP contribution in [0.5, 0.6) is 0 Å². The van der Waals surface area contributed by atoms with E-state index in [-0.39, 0.29) is 6.04 Å². The van der Waals surface area contributed by atoms with Gasteiger partial charge >= 0.3 is 0 Å². The molecule has 1 heterocycles. The zero-order valence-electron chi connectivity index (χ0n) is 11.0. The first-order valence-electron chi connectivity index (χ1n) is 5.96. The minimum Gasteiger partial charge on any atom is -0.383 e. The number of hydrogen-bond donors (Lipinski definition) is 3. The van der Waals surface area contributed by atoms with Gasteiger partial charge in [-0.1, -0.05) is 25.4 Å². The Kier molecular flexibility index (Phi) is 5.34. The van der Waals surface area contributed by atoms with Gasteiger partial charge in [-0.05, 0) is 18.9 Å². The Morgan fingerprint density at radius 3 is 2.56 bits per heavy atom. The van der Waals surface area contributed by atoms with Gasteiger partial charge in [0.1, 0.15) is 5.82 Å². The molecule has 0 fully saturated rings. The Hall–Kier alpha value is -0.880. The molecule has 0 spiro atoms. The minimum absolute atomic E-state index is 0.260. The van der Waals surface area contributed by atoms with E-state index in [0.29, 0.717) is 10.8 Å². The van der Waals surface area contributed by atoms with Crippen LogP contribution in [-0.4, -0.2) is 17.7 Å². The highest BCUT2D eigenvalue weighted by Crippen LogP contribution is 2.36. The van der Waals surface area contributed by atoms with Gasteiger partial charge in [-0.2, -0.15) is 0 Å². The molecule has 0 aliphatic rings. The smallest absolute Gasteiger partial charge is 0.128 e. The molecule has 0 radical (unpaired) electrons. The lowest BCUT2D eigenvalue weighted by Crippen LogP contribution is -2.47. The number of nitrogens with two attached hydrogens (primary N) is 2. The van der Waals surface area contributed by atoms with Crippen LogP contribution in [0.2, 0.25) is 5.02 Å². The molecule has 6 heteroatoms. The van der Waals surface area contributed by atoms with Gasteiger partial charge in [0.25, 0.3) is 0 Å². The maximum atomic E-state index is 5.97. The van der Waals surface area contributed by atoms with Crippen LogP contribution in [0.3, 0.4) is 0 Å². The molecule has 102 valence electrons. The van der Waals surface area contributed by atoms with Gasteiger partial charge in [0.15, 0.2) is 0 Å². The van der Waals surface area contributed by atoms with Gasteiger partial charge in [0.2, 0.25) is 0 Å². The molecule has 1 rings (SSSR count). The summed E-state index contributed by atoms with van der Waals surface area (Å²) in [5.74, 6) is 6.09. The minimum atomic E-state index is -0.435. The molecule has 1 unspecified atom stereocenters. The van der Waals surface area contributed by atoms with Crippen molar-refractivity contribution in [3.8, 4) is 0 Å². The van der Waals surface area contributed by atoms with Gasteiger partial charge < -0.3 is 10.5 Å².